The summed E-state index contributed by atoms with van der Waals surface area (Å²) in [5.74, 6) is 1.53. The van der Waals surface area contributed by atoms with E-state index in [4.69, 9.17) is 10.5 Å². The number of hydrogen-bond donors (Lipinski definition) is 2. The summed E-state index contributed by atoms with van der Waals surface area (Å²) in [5, 5.41) is 3.49. The van der Waals surface area contributed by atoms with Crippen LogP contribution in [0.4, 0.5) is 11.4 Å². The van der Waals surface area contributed by atoms with Gasteiger partial charge in [-0.1, -0.05) is 6.92 Å². The van der Waals surface area contributed by atoms with E-state index < -0.39 is 0 Å². The van der Waals surface area contributed by atoms with E-state index in [-0.39, 0.29) is 0 Å². The third kappa shape index (κ3) is 4.03. The van der Waals surface area contributed by atoms with E-state index in [1.165, 1.54) is 19.5 Å². The van der Waals surface area contributed by atoms with Gasteiger partial charge in [0.05, 0.1) is 12.3 Å². The molecule has 1 heterocycles. The lowest BCUT2D eigenvalue weighted by atomic mass is 10.1. The largest absolute Gasteiger partial charge is 0.491 e. The zero-order valence-electron chi connectivity index (χ0n) is 12.0. The van der Waals surface area contributed by atoms with Crippen LogP contribution in [0.2, 0.25) is 0 Å². The molecule has 1 fully saturated rings. The van der Waals surface area contributed by atoms with Gasteiger partial charge >= 0.3 is 0 Å². The average Bonchev–Trinajstić information content (AvgIpc) is 2.82. The number of nitrogens with one attached hydrogen (secondary N) is 1. The van der Waals surface area contributed by atoms with Gasteiger partial charge in [-0.25, -0.2) is 0 Å². The van der Waals surface area contributed by atoms with Crippen molar-refractivity contribution in [1.29, 1.82) is 0 Å². The molecule has 4 heteroatoms. The minimum absolute atomic E-state index is 0.708. The van der Waals surface area contributed by atoms with Gasteiger partial charge in [0.2, 0.25) is 0 Å². The maximum Gasteiger partial charge on any atom is 0.144 e. The van der Waals surface area contributed by atoms with Gasteiger partial charge in [-0.05, 0) is 44.5 Å². The van der Waals surface area contributed by atoms with Crippen LogP contribution >= 0.6 is 0 Å². The Bertz CT molecular complexity index is 408. The summed E-state index contributed by atoms with van der Waals surface area (Å²) >= 11 is 0. The first-order valence-electron chi connectivity index (χ1n) is 7.13. The fourth-order valence-corrected chi connectivity index (χ4v) is 2.44. The van der Waals surface area contributed by atoms with Crippen molar-refractivity contribution in [2.24, 2.45) is 5.92 Å². The predicted molar refractivity (Wildman–Crippen MR) is 80.7 cm³/mol. The SMILES string of the molecule is CCCOc1cc(NCC2CCN(C)C2)ccc1N. The molecule has 19 heavy (non-hydrogen) atoms. The number of nitrogens with two attached hydrogens (primary N) is 1. The lowest BCUT2D eigenvalue weighted by Crippen LogP contribution is -2.19. The van der Waals surface area contributed by atoms with Gasteiger partial charge in [0.25, 0.3) is 0 Å². The minimum Gasteiger partial charge on any atom is -0.491 e. The second-order valence-corrected chi connectivity index (χ2v) is 5.40. The molecule has 1 aromatic rings. The molecule has 0 bridgehead atoms. The Hall–Kier alpha value is -1.42. The summed E-state index contributed by atoms with van der Waals surface area (Å²) in [5.41, 5.74) is 7.71. The molecule has 0 aromatic heterocycles. The third-order valence-corrected chi connectivity index (χ3v) is 3.56. The highest BCUT2D eigenvalue weighted by atomic mass is 16.5. The second-order valence-electron chi connectivity index (χ2n) is 5.40. The Balaban J connectivity index is 1.89. The van der Waals surface area contributed by atoms with Crippen LogP contribution in [0.3, 0.4) is 0 Å². The molecule has 0 saturated carbocycles. The van der Waals surface area contributed by atoms with Crippen molar-refractivity contribution >= 4 is 11.4 Å². The van der Waals surface area contributed by atoms with E-state index >= 15 is 0 Å². The molecule has 0 spiro atoms. The zero-order chi connectivity index (χ0) is 13.7. The molecule has 106 valence electrons. The molecule has 0 amide bonds. The lowest BCUT2D eigenvalue weighted by Gasteiger charge is -2.14. The van der Waals surface area contributed by atoms with Gasteiger partial charge in [-0.15, -0.1) is 0 Å². The highest BCUT2D eigenvalue weighted by Crippen LogP contribution is 2.26. The molecule has 1 saturated heterocycles. The van der Waals surface area contributed by atoms with Crippen LogP contribution in [0, 0.1) is 5.92 Å². The van der Waals surface area contributed by atoms with Crippen LogP contribution in [0.25, 0.3) is 0 Å². The number of likely N-dealkylation sites (tertiary alicyclic amines) is 1. The van der Waals surface area contributed by atoms with E-state index in [1.54, 1.807) is 0 Å². The van der Waals surface area contributed by atoms with Crippen LogP contribution in [0.1, 0.15) is 19.8 Å². The van der Waals surface area contributed by atoms with E-state index in [2.05, 4.69) is 24.2 Å². The maximum absolute atomic E-state index is 5.91. The van der Waals surface area contributed by atoms with Gasteiger partial charge in [-0.3, -0.25) is 0 Å². The Kier molecular flexibility index (Phi) is 4.91. The molecule has 1 aliphatic heterocycles. The summed E-state index contributed by atoms with van der Waals surface area (Å²) in [6.45, 7) is 6.21. The third-order valence-electron chi connectivity index (χ3n) is 3.56. The minimum atomic E-state index is 0.708. The molecule has 1 atom stereocenters. The average molecular weight is 263 g/mol. The van der Waals surface area contributed by atoms with Gasteiger partial charge in [0.15, 0.2) is 0 Å². The molecule has 3 N–H and O–H groups in total. The highest BCUT2D eigenvalue weighted by Gasteiger charge is 2.18. The number of nitrogen functional groups attached to an aromatic ring is 1. The molecular weight excluding hydrogens is 238 g/mol. The van der Waals surface area contributed by atoms with Crippen molar-refractivity contribution in [3.8, 4) is 5.75 Å². The zero-order valence-corrected chi connectivity index (χ0v) is 12.0. The topological polar surface area (TPSA) is 50.5 Å². The van der Waals surface area contributed by atoms with Crippen LogP contribution < -0.4 is 15.8 Å². The van der Waals surface area contributed by atoms with Gasteiger partial charge in [-0.2, -0.15) is 0 Å². The number of ether oxygens (including phenoxy) is 1. The first kappa shape index (κ1) is 14.0. The van der Waals surface area contributed by atoms with Crippen molar-refractivity contribution < 1.29 is 4.74 Å². The fraction of sp³-hybridized carbons (Fsp3) is 0.600. The number of hydrogen-bond acceptors (Lipinski definition) is 4. The first-order valence-corrected chi connectivity index (χ1v) is 7.13. The fourth-order valence-electron chi connectivity index (χ4n) is 2.44. The van der Waals surface area contributed by atoms with Crippen LogP contribution in [0.5, 0.6) is 5.75 Å². The number of rotatable bonds is 6. The smallest absolute Gasteiger partial charge is 0.144 e. The first-order chi connectivity index (χ1) is 9.19. The Labute approximate surface area is 115 Å². The van der Waals surface area contributed by atoms with E-state index in [1.807, 2.05) is 18.2 Å². The van der Waals surface area contributed by atoms with Crippen molar-refractivity contribution in [1.82, 2.24) is 4.90 Å². The molecule has 1 aliphatic rings. The van der Waals surface area contributed by atoms with Crippen molar-refractivity contribution in [3.63, 3.8) is 0 Å². The summed E-state index contributed by atoms with van der Waals surface area (Å²) in [7, 11) is 2.18. The van der Waals surface area contributed by atoms with Crippen LogP contribution in [-0.4, -0.2) is 38.2 Å². The monoisotopic (exact) mass is 263 g/mol. The normalized spacial score (nSPS) is 19.6. The summed E-state index contributed by atoms with van der Waals surface area (Å²) in [4.78, 5) is 2.38. The van der Waals surface area contributed by atoms with E-state index in [9.17, 15) is 0 Å². The molecular formula is C15H25N3O. The summed E-state index contributed by atoms with van der Waals surface area (Å²) < 4.78 is 5.64. The molecule has 0 aliphatic carbocycles. The standard InChI is InChI=1S/C15H25N3O/c1-3-8-19-15-9-13(4-5-14(15)16)17-10-12-6-7-18(2)11-12/h4-5,9,12,17H,3,6-8,10-11,16H2,1-2H3. The Morgan fingerprint density at radius 1 is 1.47 bits per heavy atom. The van der Waals surface area contributed by atoms with E-state index in [0.29, 0.717) is 12.3 Å². The van der Waals surface area contributed by atoms with Crippen molar-refractivity contribution in [2.75, 3.05) is 44.3 Å². The van der Waals surface area contributed by atoms with Gasteiger partial charge in [0.1, 0.15) is 5.75 Å². The number of nitrogens with zero attached hydrogens (tertiary/aromatic N) is 1. The lowest BCUT2D eigenvalue weighted by molar-refractivity contribution is 0.319. The molecule has 0 radical (unpaired) electrons. The van der Waals surface area contributed by atoms with Crippen LogP contribution in [-0.2, 0) is 0 Å². The van der Waals surface area contributed by atoms with Gasteiger partial charge in [0, 0.05) is 24.8 Å². The summed E-state index contributed by atoms with van der Waals surface area (Å²) in [6.07, 6.45) is 2.27. The summed E-state index contributed by atoms with van der Waals surface area (Å²) in [6, 6.07) is 5.94. The van der Waals surface area contributed by atoms with E-state index in [0.717, 1.165) is 30.3 Å². The van der Waals surface area contributed by atoms with Crippen molar-refractivity contribution in [2.45, 2.75) is 19.8 Å². The number of anilines is 2. The quantitative estimate of drug-likeness (QED) is 0.774. The molecule has 2 rings (SSSR count). The number of benzene rings is 1. The second kappa shape index (κ2) is 6.66. The van der Waals surface area contributed by atoms with Crippen LogP contribution in [0.15, 0.2) is 18.2 Å². The predicted octanol–water partition coefficient (Wildman–Crippen LogP) is 2.42. The molecule has 1 aromatic carbocycles. The van der Waals surface area contributed by atoms with Crippen molar-refractivity contribution in [3.05, 3.63) is 18.2 Å². The van der Waals surface area contributed by atoms with Gasteiger partial charge < -0.3 is 20.7 Å². The highest BCUT2D eigenvalue weighted by molar-refractivity contribution is 5.61. The maximum atomic E-state index is 5.91. The molecule has 4 nitrogen and oxygen atoms in total. The molecule has 1 unspecified atom stereocenters. The Morgan fingerprint density at radius 3 is 3.00 bits per heavy atom. The Morgan fingerprint density at radius 2 is 2.32 bits per heavy atom.